The van der Waals surface area contributed by atoms with Gasteiger partial charge in [0.1, 0.15) is 0 Å². The van der Waals surface area contributed by atoms with Gasteiger partial charge in [-0.1, -0.05) is 30.3 Å². The number of rotatable bonds is 3. The molecule has 1 N–H and O–H groups in total. The summed E-state index contributed by atoms with van der Waals surface area (Å²) in [5.74, 6) is 0. The van der Waals surface area contributed by atoms with Gasteiger partial charge in [0.15, 0.2) is 0 Å². The van der Waals surface area contributed by atoms with Crippen molar-refractivity contribution in [3.8, 4) is 0 Å². The average Bonchev–Trinajstić information content (AvgIpc) is 2.51. The second-order valence-electron chi connectivity index (χ2n) is 5.96. The molecule has 3 heteroatoms. The van der Waals surface area contributed by atoms with Crippen molar-refractivity contribution in [1.29, 1.82) is 0 Å². The van der Waals surface area contributed by atoms with Crippen molar-refractivity contribution in [2.24, 2.45) is 0 Å². The van der Waals surface area contributed by atoms with Gasteiger partial charge in [0.25, 0.3) is 0 Å². The summed E-state index contributed by atoms with van der Waals surface area (Å²) in [6, 6.07) is 9.19. The first-order valence-corrected chi connectivity index (χ1v) is 7.71. The normalized spacial score (nSPS) is 21.8. The highest BCUT2D eigenvalue weighted by Gasteiger charge is 2.13. The third kappa shape index (κ3) is 3.48. The lowest BCUT2D eigenvalue weighted by atomic mass is 9.99. The average molecular weight is 271 g/mol. The highest BCUT2D eigenvalue weighted by atomic mass is 15.2. The van der Waals surface area contributed by atoms with Crippen LogP contribution < -0.4 is 5.32 Å². The van der Waals surface area contributed by atoms with Gasteiger partial charge in [-0.15, -0.1) is 0 Å². The summed E-state index contributed by atoms with van der Waals surface area (Å²) in [6.45, 7) is 7.97. The zero-order valence-electron chi connectivity index (χ0n) is 12.4. The Hall–Kier alpha value is -1.16. The van der Waals surface area contributed by atoms with Gasteiger partial charge in [0, 0.05) is 39.3 Å². The zero-order valence-corrected chi connectivity index (χ0v) is 12.4. The fraction of sp³-hybridized carbons (Fsp3) is 0.529. The molecule has 3 rings (SSSR count). The molecule has 0 unspecified atom stereocenters. The minimum absolute atomic E-state index is 1.01. The van der Waals surface area contributed by atoms with Crippen LogP contribution in [0.3, 0.4) is 0 Å². The molecule has 108 valence electrons. The van der Waals surface area contributed by atoms with Crippen molar-refractivity contribution in [1.82, 2.24) is 15.1 Å². The molecule has 0 bridgehead atoms. The molecule has 2 aliphatic heterocycles. The van der Waals surface area contributed by atoms with Crippen molar-refractivity contribution in [2.75, 3.05) is 46.3 Å². The maximum absolute atomic E-state index is 3.37. The molecule has 0 radical (unpaired) electrons. The molecule has 2 heterocycles. The van der Waals surface area contributed by atoms with Crippen LogP contribution in [0.4, 0.5) is 0 Å². The first-order valence-electron chi connectivity index (χ1n) is 7.71. The Morgan fingerprint density at radius 3 is 2.45 bits per heavy atom. The molecule has 1 fully saturated rings. The molecule has 3 nitrogen and oxygen atoms in total. The molecule has 0 aliphatic carbocycles. The molecule has 0 saturated carbocycles. The molecule has 1 aromatic carbocycles. The number of piperazine rings is 1. The van der Waals surface area contributed by atoms with Crippen LogP contribution in [0.2, 0.25) is 0 Å². The quantitative estimate of drug-likeness (QED) is 0.904. The first-order chi connectivity index (χ1) is 9.81. The van der Waals surface area contributed by atoms with Crippen LogP contribution >= 0.6 is 0 Å². The van der Waals surface area contributed by atoms with E-state index in [2.05, 4.69) is 52.5 Å². The summed E-state index contributed by atoms with van der Waals surface area (Å²) < 4.78 is 0. The number of hydrogen-bond donors (Lipinski definition) is 1. The van der Waals surface area contributed by atoms with E-state index in [9.17, 15) is 0 Å². The van der Waals surface area contributed by atoms with Gasteiger partial charge in [-0.05, 0) is 36.7 Å². The third-order valence-electron chi connectivity index (χ3n) is 4.39. The van der Waals surface area contributed by atoms with Crippen molar-refractivity contribution >= 4 is 5.57 Å². The third-order valence-corrected chi connectivity index (χ3v) is 4.39. The predicted octanol–water partition coefficient (Wildman–Crippen LogP) is 1.81. The number of likely N-dealkylation sites (N-methyl/N-ethyl adjacent to an activating group) is 1. The summed E-state index contributed by atoms with van der Waals surface area (Å²) in [6.07, 6.45) is 3.47. The van der Waals surface area contributed by atoms with Gasteiger partial charge in [-0.25, -0.2) is 0 Å². The highest BCUT2D eigenvalue weighted by molar-refractivity contribution is 5.66. The number of nitrogens with zero attached hydrogens (tertiary/aromatic N) is 2. The minimum Gasteiger partial charge on any atom is -0.313 e. The lowest BCUT2D eigenvalue weighted by molar-refractivity contribution is 0.148. The summed E-state index contributed by atoms with van der Waals surface area (Å²) in [7, 11) is 2.21. The lowest BCUT2D eigenvalue weighted by Crippen LogP contribution is -2.43. The largest absolute Gasteiger partial charge is 0.313 e. The Kier molecular flexibility index (Phi) is 4.51. The number of nitrogens with one attached hydrogen (secondary N) is 1. The monoisotopic (exact) mass is 271 g/mol. The molecular weight excluding hydrogens is 246 g/mol. The number of benzene rings is 1. The van der Waals surface area contributed by atoms with Crippen LogP contribution in [-0.4, -0.2) is 56.1 Å². The van der Waals surface area contributed by atoms with Crippen molar-refractivity contribution in [3.63, 3.8) is 0 Å². The minimum atomic E-state index is 1.01. The van der Waals surface area contributed by atoms with Crippen LogP contribution in [0.25, 0.3) is 5.57 Å². The van der Waals surface area contributed by atoms with Crippen LogP contribution in [0.15, 0.2) is 30.3 Å². The van der Waals surface area contributed by atoms with Crippen LogP contribution in [0.5, 0.6) is 0 Å². The molecule has 2 aliphatic rings. The highest BCUT2D eigenvalue weighted by Crippen LogP contribution is 2.20. The molecule has 1 aromatic rings. The summed E-state index contributed by atoms with van der Waals surface area (Å²) in [5.41, 5.74) is 4.33. The predicted molar refractivity (Wildman–Crippen MR) is 84.7 cm³/mol. The molecule has 0 atom stereocenters. The molecule has 0 aromatic heterocycles. The Labute approximate surface area is 122 Å². The standard InChI is InChI=1S/C17H25N3/c1-19-10-12-20(13-11-19)14-15-2-4-16(5-3-15)17-6-8-18-9-7-17/h2-6,18H,7-14H2,1H3. The molecule has 20 heavy (non-hydrogen) atoms. The topological polar surface area (TPSA) is 18.5 Å². The van der Waals surface area contributed by atoms with E-state index in [1.54, 1.807) is 0 Å². The van der Waals surface area contributed by atoms with Gasteiger partial charge in [0.05, 0.1) is 0 Å². The van der Waals surface area contributed by atoms with E-state index in [4.69, 9.17) is 0 Å². The summed E-state index contributed by atoms with van der Waals surface area (Å²) in [4.78, 5) is 4.96. The van der Waals surface area contributed by atoms with Gasteiger partial charge < -0.3 is 10.2 Å². The van der Waals surface area contributed by atoms with E-state index < -0.39 is 0 Å². The Morgan fingerprint density at radius 2 is 1.80 bits per heavy atom. The second-order valence-corrected chi connectivity index (χ2v) is 5.96. The molecular formula is C17H25N3. The maximum Gasteiger partial charge on any atom is 0.0234 e. The Morgan fingerprint density at radius 1 is 1.05 bits per heavy atom. The van der Waals surface area contributed by atoms with Crippen molar-refractivity contribution < 1.29 is 0 Å². The van der Waals surface area contributed by atoms with Crippen LogP contribution in [-0.2, 0) is 6.54 Å². The second kappa shape index (κ2) is 6.53. The van der Waals surface area contributed by atoms with E-state index in [0.29, 0.717) is 0 Å². The van der Waals surface area contributed by atoms with Crippen LogP contribution in [0.1, 0.15) is 17.5 Å². The molecule has 1 saturated heterocycles. The van der Waals surface area contributed by atoms with Gasteiger partial charge in [0.2, 0.25) is 0 Å². The number of hydrogen-bond acceptors (Lipinski definition) is 3. The van der Waals surface area contributed by atoms with E-state index in [-0.39, 0.29) is 0 Å². The SMILES string of the molecule is CN1CCN(Cc2ccc(C3=CCNCC3)cc2)CC1. The van der Waals surface area contributed by atoms with Gasteiger partial charge >= 0.3 is 0 Å². The Bertz CT molecular complexity index is 456. The van der Waals surface area contributed by atoms with Crippen molar-refractivity contribution in [3.05, 3.63) is 41.5 Å². The zero-order chi connectivity index (χ0) is 13.8. The summed E-state index contributed by atoms with van der Waals surface area (Å²) in [5, 5.41) is 3.37. The van der Waals surface area contributed by atoms with Crippen LogP contribution in [0, 0.1) is 0 Å². The fourth-order valence-corrected chi connectivity index (χ4v) is 2.97. The smallest absolute Gasteiger partial charge is 0.0234 e. The van der Waals surface area contributed by atoms with Gasteiger partial charge in [-0.2, -0.15) is 0 Å². The molecule has 0 spiro atoms. The molecule has 0 amide bonds. The lowest BCUT2D eigenvalue weighted by Gasteiger charge is -2.32. The Balaban J connectivity index is 1.60. The summed E-state index contributed by atoms with van der Waals surface area (Å²) >= 11 is 0. The fourth-order valence-electron chi connectivity index (χ4n) is 2.97. The van der Waals surface area contributed by atoms with E-state index in [0.717, 1.165) is 26.1 Å². The van der Waals surface area contributed by atoms with E-state index >= 15 is 0 Å². The van der Waals surface area contributed by atoms with Crippen molar-refractivity contribution in [2.45, 2.75) is 13.0 Å². The first kappa shape index (κ1) is 13.8. The maximum atomic E-state index is 3.37. The van der Waals surface area contributed by atoms with E-state index in [1.807, 2.05) is 0 Å². The van der Waals surface area contributed by atoms with Gasteiger partial charge in [-0.3, -0.25) is 4.90 Å². The van der Waals surface area contributed by atoms with E-state index in [1.165, 1.54) is 42.9 Å².